The zero-order valence-corrected chi connectivity index (χ0v) is 15.3. The Morgan fingerprint density at radius 3 is 2.81 bits per heavy atom. The van der Waals surface area contributed by atoms with Gasteiger partial charge in [0.1, 0.15) is 7.05 Å². The molecule has 0 spiro atoms. The van der Waals surface area contributed by atoms with E-state index in [9.17, 15) is 0 Å². The fourth-order valence-corrected chi connectivity index (χ4v) is 3.42. The quantitative estimate of drug-likeness (QED) is 0.445. The first-order valence-corrected chi connectivity index (χ1v) is 8.47. The minimum absolute atomic E-state index is 0.176. The van der Waals surface area contributed by atoms with Gasteiger partial charge in [-0.15, -0.1) is 0 Å². The third-order valence-corrected chi connectivity index (χ3v) is 4.79. The van der Waals surface area contributed by atoms with E-state index in [1.807, 2.05) is 30.7 Å². The number of hydrogen-bond donors (Lipinski definition) is 0. The third kappa shape index (κ3) is 2.50. The molecule has 0 bridgehead atoms. The first kappa shape index (κ1) is 10.5. The summed E-state index contributed by atoms with van der Waals surface area (Å²) in [5.74, 6) is -1.83. The van der Waals surface area contributed by atoms with Crippen LogP contribution in [0.3, 0.4) is 0 Å². The molecule has 0 aliphatic carbocycles. The molecule has 4 rings (SSSR count). The van der Waals surface area contributed by atoms with E-state index in [0.29, 0.717) is 44.5 Å². The highest BCUT2D eigenvalue weighted by Gasteiger charge is 2.23. The molecule has 0 amide bonds. The first-order valence-electron chi connectivity index (χ1n) is 12.0. The Hall–Kier alpha value is -2.68. The lowest BCUT2D eigenvalue weighted by atomic mass is 9.95. The Morgan fingerprint density at radius 2 is 2.04 bits per heavy atom. The topological polar surface area (TPSA) is 29.9 Å². The maximum absolute atomic E-state index is 8.51. The Morgan fingerprint density at radius 1 is 1.19 bits per heavy atom. The zero-order valence-electron chi connectivity index (χ0n) is 22.3. The summed E-state index contributed by atoms with van der Waals surface area (Å²) in [7, 11) is 1.81. The van der Waals surface area contributed by atoms with Crippen molar-refractivity contribution in [1.82, 2.24) is 4.98 Å². The van der Waals surface area contributed by atoms with E-state index >= 15 is 0 Å². The molecular formula is C23H25N2O+. The van der Waals surface area contributed by atoms with Gasteiger partial charge in [0.2, 0.25) is 11.4 Å². The normalized spacial score (nSPS) is 19.0. The van der Waals surface area contributed by atoms with Crippen LogP contribution in [0.1, 0.15) is 51.6 Å². The largest absolute Gasteiger partial charge is 0.437 e. The highest BCUT2D eigenvalue weighted by molar-refractivity contribution is 6.10. The number of rotatable bonds is 2. The van der Waals surface area contributed by atoms with Crippen LogP contribution >= 0.6 is 0 Å². The minimum Gasteiger partial charge on any atom is -0.437 e. The molecule has 0 radical (unpaired) electrons. The van der Waals surface area contributed by atoms with E-state index < -0.39 is 19.6 Å². The van der Waals surface area contributed by atoms with Crippen LogP contribution in [0, 0.1) is 20.7 Å². The molecule has 3 aromatic heterocycles. The second-order valence-electron chi connectivity index (χ2n) is 6.76. The molecule has 1 unspecified atom stereocenters. The smallest absolute Gasteiger partial charge is 0.227 e. The van der Waals surface area contributed by atoms with Gasteiger partial charge < -0.3 is 4.42 Å². The summed E-state index contributed by atoms with van der Waals surface area (Å²) >= 11 is 0. The van der Waals surface area contributed by atoms with Crippen LogP contribution in [0.15, 0.2) is 40.9 Å². The number of aryl methyl sites for hydroxylation is 4. The van der Waals surface area contributed by atoms with Crippen molar-refractivity contribution in [2.75, 3.05) is 0 Å². The molecule has 0 N–H and O–H groups in total. The molecular weight excluding hydrogens is 320 g/mol. The summed E-state index contributed by atoms with van der Waals surface area (Å²) in [5, 5.41) is 1.07. The molecule has 0 saturated carbocycles. The van der Waals surface area contributed by atoms with Gasteiger partial charge in [-0.2, -0.15) is 0 Å². The summed E-state index contributed by atoms with van der Waals surface area (Å²) in [4.78, 5) is 4.45. The van der Waals surface area contributed by atoms with Crippen molar-refractivity contribution >= 4 is 22.1 Å². The molecule has 1 atom stereocenters. The van der Waals surface area contributed by atoms with Crippen LogP contribution in [0.2, 0.25) is 0 Å². The molecule has 0 saturated heterocycles. The van der Waals surface area contributed by atoms with Gasteiger partial charge in [0, 0.05) is 38.2 Å². The van der Waals surface area contributed by atoms with Crippen molar-refractivity contribution in [2.24, 2.45) is 7.05 Å². The summed E-state index contributed by atoms with van der Waals surface area (Å²) in [5.41, 5.74) is 3.88. The van der Waals surface area contributed by atoms with Gasteiger partial charge >= 0.3 is 0 Å². The van der Waals surface area contributed by atoms with Gasteiger partial charge in [-0.3, -0.25) is 0 Å². The van der Waals surface area contributed by atoms with Crippen molar-refractivity contribution in [2.45, 2.75) is 40.4 Å². The fraction of sp³-hybridized carbons (Fsp3) is 0.304. The highest BCUT2D eigenvalue weighted by Crippen LogP contribution is 2.38. The maximum atomic E-state index is 8.51. The Kier molecular flexibility index (Phi) is 2.39. The van der Waals surface area contributed by atoms with Crippen molar-refractivity contribution in [3.63, 3.8) is 0 Å². The maximum Gasteiger partial charge on any atom is 0.227 e. The number of nitrogens with zero attached hydrogens (tertiary/aromatic N) is 2. The molecule has 3 heterocycles. The average Bonchev–Trinajstić information content (AvgIpc) is 3.04. The standard InChI is InChI=1S/C23H25N2O/c1-13(2)17-9-10-25(6)19(12-17)21-15(4)11-14(3)20-18-8-7-16(5)24-23(18)26-22(20)21/h7-13H,1-6H3/q+1/i1D3,3D3,13D. The monoisotopic (exact) mass is 352 g/mol. The second kappa shape index (κ2) is 5.94. The average molecular weight is 353 g/mol. The molecule has 4 aromatic rings. The summed E-state index contributed by atoms with van der Waals surface area (Å²) in [6.07, 6.45) is 1.71. The lowest BCUT2D eigenvalue weighted by Crippen LogP contribution is -2.31. The summed E-state index contributed by atoms with van der Waals surface area (Å²) in [6.45, 7) is 0.102. The number of furan rings is 1. The summed E-state index contributed by atoms with van der Waals surface area (Å²) in [6, 6.07) is 8.54. The van der Waals surface area contributed by atoms with E-state index in [1.54, 1.807) is 31.3 Å². The van der Waals surface area contributed by atoms with Gasteiger partial charge in [0.05, 0.1) is 5.56 Å². The molecule has 3 heteroatoms. The predicted octanol–water partition coefficient (Wildman–Crippen LogP) is 5.52. The second-order valence-corrected chi connectivity index (χ2v) is 6.76. The Balaban J connectivity index is 2.13. The van der Waals surface area contributed by atoms with Crippen molar-refractivity contribution < 1.29 is 18.6 Å². The SMILES string of the molecule is [2H]C([2H])([2H])c1cc(C)c(-c2cc(C([2H])(C)C([2H])([2H])[2H])cc[n+]2C)c2oc3nc(C)ccc3c12. The molecule has 0 aliphatic heterocycles. The van der Waals surface area contributed by atoms with Crippen LogP contribution < -0.4 is 4.57 Å². The van der Waals surface area contributed by atoms with Crippen LogP contribution in [-0.2, 0) is 7.05 Å². The molecule has 1 aromatic carbocycles. The number of aromatic nitrogens is 2. The minimum atomic E-state index is -2.53. The van der Waals surface area contributed by atoms with Crippen LogP contribution in [0.5, 0.6) is 0 Å². The third-order valence-electron chi connectivity index (χ3n) is 4.79. The lowest BCUT2D eigenvalue weighted by molar-refractivity contribution is -0.660. The van der Waals surface area contributed by atoms with Crippen molar-refractivity contribution in [3.05, 3.63) is 58.9 Å². The molecule has 3 nitrogen and oxygen atoms in total. The van der Waals surface area contributed by atoms with E-state index in [4.69, 9.17) is 14.0 Å². The fourth-order valence-electron chi connectivity index (χ4n) is 3.42. The summed E-state index contributed by atoms with van der Waals surface area (Å²) < 4.78 is 64.2. The van der Waals surface area contributed by atoms with E-state index in [0.717, 1.165) is 5.69 Å². The van der Waals surface area contributed by atoms with Crippen LogP contribution in [0.4, 0.5) is 0 Å². The molecule has 0 aliphatic rings. The van der Waals surface area contributed by atoms with Gasteiger partial charge in [-0.25, -0.2) is 9.55 Å². The Bertz CT molecular complexity index is 1400. The molecule has 0 fully saturated rings. The van der Waals surface area contributed by atoms with E-state index in [-0.39, 0.29) is 5.56 Å². The van der Waals surface area contributed by atoms with E-state index in [2.05, 4.69) is 4.98 Å². The van der Waals surface area contributed by atoms with Crippen LogP contribution in [0.25, 0.3) is 33.3 Å². The molecule has 26 heavy (non-hydrogen) atoms. The predicted molar refractivity (Wildman–Crippen MR) is 106 cm³/mol. The first-order chi connectivity index (χ1) is 15.1. The highest BCUT2D eigenvalue weighted by atomic mass is 16.3. The lowest BCUT2D eigenvalue weighted by Gasteiger charge is -2.10. The number of fused-ring (bicyclic) bond motifs is 3. The zero-order chi connectivity index (χ0) is 24.5. The van der Waals surface area contributed by atoms with Gasteiger partial charge in [-0.1, -0.05) is 19.8 Å². The van der Waals surface area contributed by atoms with Gasteiger partial charge in [-0.05, 0) is 55.4 Å². The number of benzene rings is 1. The van der Waals surface area contributed by atoms with Crippen molar-refractivity contribution in [3.8, 4) is 11.3 Å². The number of hydrogen-bond acceptors (Lipinski definition) is 2. The van der Waals surface area contributed by atoms with E-state index in [1.165, 1.54) is 6.92 Å². The Labute approximate surface area is 164 Å². The number of pyridine rings is 2. The van der Waals surface area contributed by atoms with Gasteiger partial charge in [0.15, 0.2) is 11.8 Å². The van der Waals surface area contributed by atoms with Crippen molar-refractivity contribution in [1.29, 1.82) is 0 Å². The van der Waals surface area contributed by atoms with Gasteiger partial charge in [0.25, 0.3) is 0 Å². The molecule has 132 valence electrons. The van der Waals surface area contributed by atoms with Crippen LogP contribution in [-0.4, -0.2) is 4.98 Å².